The van der Waals surface area contributed by atoms with Gasteiger partial charge in [-0.3, -0.25) is 14.2 Å². The second kappa shape index (κ2) is 8.77. The van der Waals surface area contributed by atoms with Crippen molar-refractivity contribution < 1.29 is 9.90 Å². The summed E-state index contributed by atoms with van der Waals surface area (Å²) in [7, 11) is 0. The summed E-state index contributed by atoms with van der Waals surface area (Å²) in [4.78, 5) is 33.1. The van der Waals surface area contributed by atoms with Gasteiger partial charge in [0.15, 0.2) is 0 Å². The molecular weight excluding hydrogens is 424 g/mol. The number of likely N-dealkylation sites (tertiary alicyclic amines) is 1. The zero-order chi connectivity index (χ0) is 22.1. The van der Waals surface area contributed by atoms with Gasteiger partial charge in [-0.2, -0.15) is 0 Å². The Hall–Kier alpha value is -2.55. The van der Waals surface area contributed by atoms with Crippen LogP contribution >= 0.6 is 11.3 Å². The van der Waals surface area contributed by atoms with Crippen LogP contribution in [0.5, 0.6) is 0 Å². The van der Waals surface area contributed by atoms with Gasteiger partial charge < -0.3 is 15.3 Å². The van der Waals surface area contributed by atoms with Crippen LogP contribution in [-0.4, -0.2) is 57.2 Å². The van der Waals surface area contributed by atoms with Crippen LogP contribution in [0.3, 0.4) is 0 Å². The predicted octanol–water partition coefficient (Wildman–Crippen LogP) is 2.20. The lowest BCUT2D eigenvalue weighted by molar-refractivity contribution is -0.141. The Morgan fingerprint density at radius 1 is 1.22 bits per heavy atom. The molecule has 2 fully saturated rings. The summed E-state index contributed by atoms with van der Waals surface area (Å²) < 4.78 is 1.50. The lowest BCUT2D eigenvalue weighted by atomic mass is 9.80. The molecule has 0 unspecified atom stereocenters. The second-order valence-corrected chi connectivity index (χ2v) is 9.88. The van der Waals surface area contributed by atoms with Crippen LogP contribution in [0.25, 0.3) is 10.2 Å². The van der Waals surface area contributed by atoms with Crippen molar-refractivity contribution in [3.8, 4) is 0 Å². The fourth-order valence-corrected chi connectivity index (χ4v) is 5.79. The number of piperidine rings is 2. The van der Waals surface area contributed by atoms with Crippen molar-refractivity contribution in [2.24, 2.45) is 5.92 Å². The van der Waals surface area contributed by atoms with E-state index in [1.165, 1.54) is 27.8 Å². The van der Waals surface area contributed by atoms with Gasteiger partial charge in [-0.05, 0) is 42.8 Å². The van der Waals surface area contributed by atoms with E-state index in [4.69, 9.17) is 0 Å². The molecule has 0 saturated carbocycles. The van der Waals surface area contributed by atoms with Crippen LogP contribution in [0.15, 0.2) is 52.9 Å². The maximum atomic E-state index is 13.4. The second-order valence-electron chi connectivity index (χ2n) is 8.98. The van der Waals surface area contributed by atoms with Gasteiger partial charge in [-0.1, -0.05) is 30.3 Å². The van der Waals surface area contributed by atoms with Crippen LogP contribution in [0.4, 0.5) is 0 Å². The summed E-state index contributed by atoms with van der Waals surface area (Å²) >= 11 is 1.44. The molecule has 4 heterocycles. The normalized spacial score (nSPS) is 23.3. The molecule has 5 rings (SSSR count). The first-order chi connectivity index (χ1) is 15.5. The first-order valence-corrected chi connectivity index (χ1v) is 12.1. The molecule has 2 aliphatic rings. The number of nitrogens with one attached hydrogen (secondary N) is 1. The van der Waals surface area contributed by atoms with Crippen molar-refractivity contribution in [1.82, 2.24) is 19.8 Å². The summed E-state index contributed by atoms with van der Waals surface area (Å²) in [6.45, 7) is 2.86. The number of carbonyl (C=O) groups is 1. The Morgan fingerprint density at radius 2 is 2.00 bits per heavy atom. The molecule has 2 saturated heterocycles. The van der Waals surface area contributed by atoms with Crippen molar-refractivity contribution in [2.75, 3.05) is 26.2 Å². The first kappa shape index (κ1) is 21.3. The molecule has 8 heteroatoms. The third-order valence-corrected chi connectivity index (χ3v) is 7.77. The molecule has 32 heavy (non-hydrogen) atoms. The molecule has 1 amide bonds. The Labute approximate surface area is 190 Å². The third-order valence-electron chi connectivity index (χ3n) is 6.95. The summed E-state index contributed by atoms with van der Waals surface area (Å²) in [6.07, 6.45) is 3.25. The van der Waals surface area contributed by atoms with Crippen molar-refractivity contribution in [1.29, 1.82) is 0 Å². The molecule has 1 aromatic carbocycles. The number of benzene rings is 1. The molecule has 2 atom stereocenters. The molecule has 2 aliphatic heterocycles. The largest absolute Gasteiger partial charge is 0.388 e. The van der Waals surface area contributed by atoms with Crippen LogP contribution in [-0.2, 0) is 11.3 Å². The number of amides is 1. The highest BCUT2D eigenvalue weighted by Gasteiger charge is 2.39. The van der Waals surface area contributed by atoms with E-state index in [1.807, 2.05) is 28.5 Å². The Balaban J connectivity index is 1.26. The third kappa shape index (κ3) is 4.10. The highest BCUT2D eigenvalue weighted by atomic mass is 32.1. The Morgan fingerprint density at radius 3 is 2.78 bits per heavy atom. The van der Waals surface area contributed by atoms with E-state index >= 15 is 0 Å². The topological polar surface area (TPSA) is 87.5 Å². The Bertz CT molecular complexity index is 1150. The number of hydrogen-bond donors (Lipinski definition) is 2. The van der Waals surface area contributed by atoms with E-state index in [1.54, 1.807) is 6.07 Å². The lowest BCUT2D eigenvalue weighted by Gasteiger charge is -2.41. The van der Waals surface area contributed by atoms with Gasteiger partial charge in [0.1, 0.15) is 4.83 Å². The predicted molar refractivity (Wildman–Crippen MR) is 125 cm³/mol. The van der Waals surface area contributed by atoms with Gasteiger partial charge in [-0.15, -0.1) is 11.3 Å². The molecule has 0 spiro atoms. The number of aromatic nitrogens is 2. The van der Waals surface area contributed by atoms with Gasteiger partial charge in [-0.25, -0.2) is 4.98 Å². The highest BCUT2D eigenvalue weighted by Crippen LogP contribution is 2.33. The average molecular weight is 453 g/mol. The minimum absolute atomic E-state index is 0.0438. The molecule has 0 bridgehead atoms. The maximum absolute atomic E-state index is 13.4. The molecule has 2 aromatic heterocycles. The number of carbonyl (C=O) groups excluding carboxylic acids is 1. The van der Waals surface area contributed by atoms with Crippen LogP contribution in [0, 0.1) is 5.92 Å². The van der Waals surface area contributed by atoms with Gasteiger partial charge >= 0.3 is 0 Å². The van der Waals surface area contributed by atoms with E-state index in [-0.39, 0.29) is 29.8 Å². The van der Waals surface area contributed by atoms with E-state index in [2.05, 4.69) is 22.4 Å². The SMILES string of the molecule is O=C([C@@H]1CCNC[C@H]1c1ccccc1)N1CCC(O)(Cn2cnc3sccc3c2=O)CC1. The number of hydrogen-bond acceptors (Lipinski definition) is 6. The van der Waals surface area contributed by atoms with Crippen molar-refractivity contribution in [2.45, 2.75) is 37.3 Å². The Kier molecular flexibility index (Phi) is 5.84. The summed E-state index contributed by atoms with van der Waals surface area (Å²) in [5.41, 5.74) is 0.0599. The molecule has 0 aliphatic carbocycles. The van der Waals surface area contributed by atoms with Crippen molar-refractivity contribution in [3.63, 3.8) is 0 Å². The number of thiophene rings is 1. The zero-order valence-corrected chi connectivity index (χ0v) is 18.8. The number of rotatable bonds is 4. The number of fused-ring (bicyclic) bond motifs is 1. The van der Waals surface area contributed by atoms with E-state index in [0.29, 0.717) is 36.1 Å². The van der Waals surface area contributed by atoms with E-state index in [9.17, 15) is 14.7 Å². The highest BCUT2D eigenvalue weighted by molar-refractivity contribution is 7.16. The van der Waals surface area contributed by atoms with Gasteiger partial charge in [0.25, 0.3) is 5.56 Å². The van der Waals surface area contributed by atoms with Gasteiger partial charge in [0, 0.05) is 31.5 Å². The van der Waals surface area contributed by atoms with Crippen molar-refractivity contribution in [3.05, 3.63) is 64.0 Å². The molecule has 168 valence electrons. The molecule has 0 radical (unpaired) electrons. The van der Waals surface area contributed by atoms with Crippen LogP contribution in [0.2, 0.25) is 0 Å². The minimum atomic E-state index is -1.01. The van der Waals surface area contributed by atoms with Crippen LogP contribution < -0.4 is 10.9 Å². The zero-order valence-electron chi connectivity index (χ0n) is 17.9. The smallest absolute Gasteiger partial charge is 0.262 e. The van der Waals surface area contributed by atoms with Crippen molar-refractivity contribution >= 4 is 27.5 Å². The lowest BCUT2D eigenvalue weighted by Crippen LogP contribution is -2.52. The van der Waals surface area contributed by atoms with Gasteiger partial charge in [0.05, 0.1) is 23.9 Å². The molecule has 7 nitrogen and oxygen atoms in total. The molecule has 3 aromatic rings. The minimum Gasteiger partial charge on any atom is -0.388 e. The quantitative estimate of drug-likeness (QED) is 0.634. The summed E-state index contributed by atoms with van der Waals surface area (Å²) in [6, 6.07) is 12.0. The maximum Gasteiger partial charge on any atom is 0.262 e. The van der Waals surface area contributed by atoms with E-state index < -0.39 is 5.60 Å². The van der Waals surface area contributed by atoms with Gasteiger partial charge in [0.2, 0.25) is 5.91 Å². The molecule has 2 N–H and O–H groups in total. The number of aliphatic hydroxyl groups is 1. The number of nitrogens with zero attached hydrogens (tertiary/aromatic N) is 3. The summed E-state index contributed by atoms with van der Waals surface area (Å²) in [5, 5.41) is 17.1. The monoisotopic (exact) mass is 452 g/mol. The van der Waals surface area contributed by atoms with Crippen LogP contribution in [0.1, 0.15) is 30.7 Å². The van der Waals surface area contributed by atoms with E-state index in [0.717, 1.165) is 19.5 Å². The average Bonchev–Trinajstić information content (AvgIpc) is 3.31. The fourth-order valence-electron chi connectivity index (χ4n) is 5.06. The fraction of sp³-hybridized carbons (Fsp3) is 0.458. The molecular formula is C24H28N4O3S. The summed E-state index contributed by atoms with van der Waals surface area (Å²) in [5.74, 6) is 0.304. The first-order valence-electron chi connectivity index (χ1n) is 11.2. The standard InChI is InChI=1S/C24H28N4O3S/c29-22(18-6-10-25-14-20(18)17-4-2-1-3-5-17)27-11-8-24(31,9-12-27)15-28-16-26-21-19(23(28)30)7-13-32-21/h1-5,7,13,16,18,20,25,31H,6,8-12,14-15H2/t18-,20+/m1/s1.